The summed E-state index contributed by atoms with van der Waals surface area (Å²) in [6, 6.07) is 13.5. The van der Waals surface area contributed by atoms with Gasteiger partial charge >= 0.3 is 0 Å². The van der Waals surface area contributed by atoms with E-state index in [1.165, 1.54) is 12.1 Å². The van der Waals surface area contributed by atoms with E-state index in [2.05, 4.69) is 5.32 Å². The summed E-state index contributed by atoms with van der Waals surface area (Å²) in [5, 5.41) is 2.89. The van der Waals surface area contributed by atoms with Crippen molar-refractivity contribution >= 4 is 24.0 Å². The van der Waals surface area contributed by atoms with Crippen molar-refractivity contribution in [2.24, 2.45) is 5.73 Å². The van der Waals surface area contributed by atoms with Gasteiger partial charge in [-0.1, -0.05) is 31.0 Å². The molecule has 0 saturated carbocycles. The Morgan fingerprint density at radius 3 is 2.50 bits per heavy atom. The number of amides is 1. The fourth-order valence-electron chi connectivity index (χ4n) is 2.42. The normalized spacial score (nSPS) is 10.1. The number of halogens is 2. The number of ether oxygens (including phenoxy) is 1. The van der Waals surface area contributed by atoms with Crippen LogP contribution in [0.15, 0.2) is 48.5 Å². The Hall–Kier alpha value is -2.11. The van der Waals surface area contributed by atoms with Crippen molar-refractivity contribution in [2.45, 2.75) is 38.7 Å². The van der Waals surface area contributed by atoms with Crippen molar-refractivity contribution in [2.75, 3.05) is 11.9 Å². The van der Waals surface area contributed by atoms with Gasteiger partial charge in [0.05, 0.1) is 0 Å². The monoisotopic (exact) mass is 380 g/mol. The lowest BCUT2D eigenvalue weighted by molar-refractivity contribution is -0.116. The minimum absolute atomic E-state index is 0. The third kappa shape index (κ3) is 8.32. The Kier molecular flexibility index (Phi) is 10.4. The maximum atomic E-state index is 12.9. The van der Waals surface area contributed by atoms with Crippen LogP contribution in [0.4, 0.5) is 10.1 Å². The van der Waals surface area contributed by atoms with E-state index in [0.29, 0.717) is 31.0 Å². The second-order valence-corrected chi connectivity index (χ2v) is 5.94. The van der Waals surface area contributed by atoms with Gasteiger partial charge in [0.25, 0.3) is 0 Å². The average molecular weight is 381 g/mol. The van der Waals surface area contributed by atoms with Crippen LogP contribution in [0, 0.1) is 5.82 Å². The zero-order valence-electron chi connectivity index (χ0n) is 14.7. The highest BCUT2D eigenvalue weighted by molar-refractivity contribution is 5.90. The number of carbonyl (C=O) groups is 1. The second kappa shape index (κ2) is 12.3. The third-order valence-corrected chi connectivity index (χ3v) is 3.79. The summed E-state index contributed by atoms with van der Waals surface area (Å²) in [5.41, 5.74) is 7.04. The van der Waals surface area contributed by atoms with E-state index in [1.54, 1.807) is 18.2 Å². The highest BCUT2D eigenvalue weighted by Gasteiger charge is 2.04. The van der Waals surface area contributed by atoms with Crippen LogP contribution in [0.5, 0.6) is 5.75 Å². The zero-order chi connectivity index (χ0) is 17.9. The Morgan fingerprint density at radius 2 is 1.77 bits per heavy atom. The number of anilines is 1. The molecule has 142 valence electrons. The molecule has 0 spiro atoms. The van der Waals surface area contributed by atoms with Crippen LogP contribution in [0.1, 0.15) is 37.7 Å². The first-order valence-electron chi connectivity index (χ1n) is 8.64. The molecule has 0 radical (unpaired) electrons. The van der Waals surface area contributed by atoms with E-state index < -0.39 is 0 Å². The van der Waals surface area contributed by atoms with Gasteiger partial charge in [0.2, 0.25) is 5.91 Å². The fourth-order valence-corrected chi connectivity index (χ4v) is 2.42. The van der Waals surface area contributed by atoms with Crippen molar-refractivity contribution < 1.29 is 13.9 Å². The maximum Gasteiger partial charge on any atom is 0.224 e. The van der Waals surface area contributed by atoms with Gasteiger partial charge in [-0.2, -0.15) is 0 Å². The number of benzene rings is 2. The van der Waals surface area contributed by atoms with Gasteiger partial charge in [-0.05, 0) is 49.2 Å². The van der Waals surface area contributed by atoms with E-state index >= 15 is 0 Å². The number of unbranched alkanes of at least 4 members (excludes halogenated alkanes) is 3. The highest BCUT2D eigenvalue weighted by atomic mass is 35.5. The molecule has 26 heavy (non-hydrogen) atoms. The molecule has 2 aromatic carbocycles. The van der Waals surface area contributed by atoms with Gasteiger partial charge in [0, 0.05) is 18.2 Å². The van der Waals surface area contributed by atoms with E-state index in [4.69, 9.17) is 10.5 Å². The van der Waals surface area contributed by atoms with E-state index in [0.717, 1.165) is 31.2 Å². The number of rotatable bonds is 10. The van der Waals surface area contributed by atoms with E-state index in [-0.39, 0.29) is 24.1 Å². The lowest BCUT2D eigenvalue weighted by Crippen LogP contribution is -2.11. The topological polar surface area (TPSA) is 64.4 Å². The fraction of sp³-hybridized carbons (Fsp3) is 0.350. The summed E-state index contributed by atoms with van der Waals surface area (Å²) in [6.45, 7) is 1.05. The second-order valence-electron chi connectivity index (χ2n) is 5.94. The van der Waals surface area contributed by atoms with Crippen molar-refractivity contribution in [3.05, 3.63) is 59.9 Å². The molecule has 0 saturated heterocycles. The number of hydrogen-bond acceptors (Lipinski definition) is 3. The molecule has 0 bridgehead atoms. The molecular formula is C20H26ClFN2O2. The molecule has 4 nitrogen and oxygen atoms in total. The highest BCUT2D eigenvalue weighted by Crippen LogP contribution is 2.19. The molecule has 0 atom stereocenters. The van der Waals surface area contributed by atoms with Crippen LogP contribution in [0.25, 0.3) is 0 Å². The van der Waals surface area contributed by atoms with Crippen LogP contribution in [-0.2, 0) is 11.4 Å². The molecule has 2 rings (SSSR count). The largest absolute Gasteiger partial charge is 0.489 e. The predicted molar refractivity (Wildman–Crippen MR) is 105 cm³/mol. The maximum absolute atomic E-state index is 12.9. The molecule has 0 aliphatic heterocycles. The summed E-state index contributed by atoms with van der Waals surface area (Å²) in [6.07, 6.45) is 4.47. The van der Waals surface area contributed by atoms with Gasteiger partial charge in [-0.3, -0.25) is 4.79 Å². The first-order chi connectivity index (χ1) is 12.2. The molecule has 0 heterocycles. The summed E-state index contributed by atoms with van der Waals surface area (Å²) >= 11 is 0. The number of nitrogens with one attached hydrogen (secondary N) is 1. The van der Waals surface area contributed by atoms with E-state index in [9.17, 15) is 9.18 Å². The lowest BCUT2D eigenvalue weighted by atomic mass is 10.1. The molecule has 0 fully saturated rings. The molecule has 0 aliphatic rings. The number of carbonyl (C=O) groups excluding carboxylic acids is 1. The minimum atomic E-state index is -0.267. The summed E-state index contributed by atoms with van der Waals surface area (Å²) in [4.78, 5) is 12.0. The van der Waals surface area contributed by atoms with Gasteiger partial charge in [-0.25, -0.2) is 4.39 Å². The summed E-state index contributed by atoms with van der Waals surface area (Å²) in [7, 11) is 0. The average Bonchev–Trinajstić information content (AvgIpc) is 2.61. The van der Waals surface area contributed by atoms with Crippen molar-refractivity contribution in [1.29, 1.82) is 0 Å². The molecule has 1 amide bonds. The van der Waals surface area contributed by atoms with Crippen LogP contribution in [-0.4, -0.2) is 12.5 Å². The lowest BCUT2D eigenvalue weighted by Gasteiger charge is -2.09. The van der Waals surface area contributed by atoms with Gasteiger partial charge in [0.15, 0.2) is 0 Å². The molecule has 0 aromatic heterocycles. The minimum Gasteiger partial charge on any atom is -0.489 e. The molecular weight excluding hydrogens is 355 g/mol. The SMILES string of the molecule is Cl.NCCCCCCC(=O)Nc1cccc(OCc2ccc(F)cc2)c1. The zero-order valence-corrected chi connectivity index (χ0v) is 15.6. The Morgan fingerprint density at radius 1 is 1.04 bits per heavy atom. The summed E-state index contributed by atoms with van der Waals surface area (Å²) < 4.78 is 18.6. The Bertz CT molecular complexity index is 665. The smallest absolute Gasteiger partial charge is 0.224 e. The van der Waals surface area contributed by atoms with Crippen molar-refractivity contribution in [3.8, 4) is 5.75 Å². The van der Waals surface area contributed by atoms with Crippen LogP contribution >= 0.6 is 12.4 Å². The van der Waals surface area contributed by atoms with Crippen molar-refractivity contribution in [1.82, 2.24) is 0 Å². The van der Waals surface area contributed by atoms with Crippen molar-refractivity contribution in [3.63, 3.8) is 0 Å². The van der Waals surface area contributed by atoms with Gasteiger partial charge in [0.1, 0.15) is 18.2 Å². The molecule has 0 unspecified atom stereocenters. The number of nitrogens with two attached hydrogens (primary N) is 1. The Balaban J connectivity index is 0.00000338. The molecule has 2 aromatic rings. The first-order valence-corrected chi connectivity index (χ1v) is 8.64. The standard InChI is InChI=1S/C20H25FN2O2.ClH/c21-17-11-9-16(10-12-17)15-25-19-7-5-6-18(14-19)23-20(24)8-3-1-2-4-13-22;/h5-7,9-12,14H,1-4,8,13,15,22H2,(H,23,24);1H. The predicted octanol–water partition coefficient (Wildman–Crippen LogP) is 4.67. The van der Waals surface area contributed by atoms with E-state index in [1.807, 2.05) is 18.2 Å². The molecule has 6 heteroatoms. The molecule has 3 N–H and O–H groups in total. The first kappa shape index (κ1) is 21.9. The quantitative estimate of drug-likeness (QED) is 0.588. The Labute approximate surface area is 160 Å². The van der Waals surface area contributed by atoms with Crippen LogP contribution in [0.3, 0.4) is 0 Å². The number of hydrogen-bond donors (Lipinski definition) is 2. The van der Waals surface area contributed by atoms with Gasteiger partial charge in [-0.15, -0.1) is 12.4 Å². The summed E-state index contributed by atoms with van der Waals surface area (Å²) in [5.74, 6) is 0.394. The van der Waals surface area contributed by atoms with Crippen LogP contribution < -0.4 is 15.8 Å². The molecule has 0 aliphatic carbocycles. The van der Waals surface area contributed by atoms with Gasteiger partial charge < -0.3 is 15.8 Å². The van der Waals surface area contributed by atoms with Crippen LogP contribution in [0.2, 0.25) is 0 Å². The third-order valence-electron chi connectivity index (χ3n) is 3.79.